The number of rotatable bonds is 3. The third-order valence-electron chi connectivity index (χ3n) is 4.42. The zero-order chi connectivity index (χ0) is 19.8. The van der Waals surface area contributed by atoms with Crippen LogP contribution in [0.2, 0.25) is 0 Å². The van der Waals surface area contributed by atoms with Crippen LogP contribution in [0, 0.1) is 0 Å². The minimum absolute atomic E-state index is 0.0845. The summed E-state index contributed by atoms with van der Waals surface area (Å²) in [5.74, 6) is -0.232. The monoisotopic (exact) mass is 517 g/mol. The van der Waals surface area contributed by atoms with Gasteiger partial charge in [0.1, 0.15) is 5.75 Å². The summed E-state index contributed by atoms with van der Waals surface area (Å²) >= 11 is 7.47. The summed E-state index contributed by atoms with van der Waals surface area (Å²) in [6.07, 6.45) is 1.66. The van der Waals surface area contributed by atoms with E-state index in [2.05, 4.69) is 31.9 Å². The zero-order valence-corrected chi connectivity index (χ0v) is 18.3. The van der Waals surface area contributed by atoms with Gasteiger partial charge in [-0.1, -0.05) is 42.5 Å². The van der Waals surface area contributed by atoms with Gasteiger partial charge in [-0.3, -0.25) is 14.5 Å². The first kappa shape index (κ1) is 19.2. The number of hydrogen-bond donors (Lipinski definition) is 1. The van der Waals surface area contributed by atoms with Crippen molar-refractivity contribution in [2.45, 2.75) is 6.54 Å². The van der Waals surface area contributed by atoms with Gasteiger partial charge in [-0.15, -0.1) is 0 Å². The van der Waals surface area contributed by atoms with Gasteiger partial charge in [0.15, 0.2) is 0 Å². The fourth-order valence-electron chi connectivity index (χ4n) is 3.06. The Labute approximate surface area is 182 Å². The van der Waals surface area contributed by atoms with Crippen LogP contribution in [-0.4, -0.2) is 21.2 Å². The Balaban J connectivity index is 1.64. The number of fused-ring (bicyclic) bond motifs is 1. The molecular weight excluding hydrogens is 506 g/mol. The molecule has 28 heavy (non-hydrogen) atoms. The van der Waals surface area contributed by atoms with E-state index in [1.807, 2.05) is 42.5 Å². The molecule has 3 aromatic carbocycles. The van der Waals surface area contributed by atoms with E-state index in [4.69, 9.17) is 0 Å². The lowest BCUT2D eigenvalue weighted by atomic mass is 10.0. The number of nitrogens with zero attached hydrogens (tertiary/aromatic N) is 1. The zero-order valence-electron chi connectivity index (χ0n) is 14.4. The van der Waals surface area contributed by atoms with Crippen molar-refractivity contribution in [1.29, 1.82) is 0 Å². The maximum absolute atomic E-state index is 12.8. The normalized spacial score (nSPS) is 15.8. The molecule has 1 fully saturated rings. The Kier molecular flexibility index (Phi) is 5.31. The average molecular weight is 519 g/mol. The number of amides is 2. The van der Waals surface area contributed by atoms with Gasteiger partial charge in [0.05, 0.1) is 20.4 Å². The molecule has 1 aliphatic rings. The Hall–Kier alpha value is -2.09. The van der Waals surface area contributed by atoms with E-state index in [-0.39, 0.29) is 23.4 Å². The second-order valence-corrected chi connectivity index (χ2v) is 8.94. The van der Waals surface area contributed by atoms with Crippen molar-refractivity contribution in [3.63, 3.8) is 0 Å². The first-order valence-corrected chi connectivity index (χ1v) is 10.7. The predicted octanol–water partition coefficient (Wildman–Crippen LogP) is 6.31. The average Bonchev–Trinajstić information content (AvgIpc) is 2.93. The van der Waals surface area contributed by atoms with Crippen LogP contribution < -0.4 is 0 Å². The highest BCUT2D eigenvalue weighted by atomic mass is 79.9. The second-order valence-electron chi connectivity index (χ2n) is 6.24. The van der Waals surface area contributed by atoms with E-state index in [0.29, 0.717) is 19.4 Å². The predicted molar refractivity (Wildman–Crippen MR) is 119 cm³/mol. The Morgan fingerprint density at radius 2 is 1.68 bits per heavy atom. The van der Waals surface area contributed by atoms with E-state index >= 15 is 0 Å². The first-order chi connectivity index (χ1) is 13.4. The van der Waals surface area contributed by atoms with Crippen molar-refractivity contribution < 1.29 is 14.7 Å². The number of aromatic hydroxyl groups is 1. The summed E-state index contributed by atoms with van der Waals surface area (Å²) in [5, 5.41) is 11.6. The van der Waals surface area contributed by atoms with Gasteiger partial charge >= 0.3 is 0 Å². The summed E-state index contributed by atoms with van der Waals surface area (Å²) in [6, 6.07) is 17.2. The van der Waals surface area contributed by atoms with Crippen LogP contribution in [0.15, 0.2) is 68.4 Å². The van der Waals surface area contributed by atoms with Crippen LogP contribution in [-0.2, 0) is 11.3 Å². The topological polar surface area (TPSA) is 57.6 Å². The summed E-state index contributed by atoms with van der Waals surface area (Å²) in [6.45, 7) is 0.228. The lowest BCUT2D eigenvalue weighted by Gasteiger charge is -2.14. The van der Waals surface area contributed by atoms with Gasteiger partial charge in [0, 0.05) is 0 Å². The molecule has 1 heterocycles. The standard InChI is InChI=1S/C21H13Br2NO3S/c22-16-8-12(9-17(23)19(16)25)10-18-20(26)24(21(27)28-18)11-14-6-3-5-13-4-1-2-7-15(13)14/h1-10,25H,11H2/b18-10+. The number of benzene rings is 3. The molecule has 0 unspecified atom stereocenters. The molecule has 3 aromatic rings. The summed E-state index contributed by atoms with van der Waals surface area (Å²) in [4.78, 5) is 26.9. The number of phenolic OH excluding ortho intramolecular Hbond substituents is 1. The molecule has 1 N–H and O–H groups in total. The maximum atomic E-state index is 12.8. The number of phenols is 1. The van der Waals surface area contributed by atoms with Gasteiger partial charge in [-0.05, 0) is 83.7 Å². The van der Waals surface area contributed by atoms with E-state index in [0.717, 1.165) is 28.1 Å². The van der Waals surface area contributed by atoms with Gasteiger partial charge in [0.2, 0.25) is 0 Å². The van der Waals surface area contributed by atoms with Gasteiger partial charge < -0.3 is 5.11 Å². The number of imide groups is 1. The van der Waals surface area contributed by atoms with E-state index in [9.17, 15) is 14.7 Å². The minimum Gasteiger partial charge on any atom is -0.506 e. The smallest absolute Gasteiger partial charge is 0.293 e. The molecule has 7 heteroatoms. The van der Waals surface area contributed by atoms with Crippen LogP contribution >= 0.6 is 43.6 Å². The van der Waals surface area contributed by atoms with Gasteiger partial charge in [-0.2, -0.15) is 0 Å². The van der Waals surface area contributed by atoms with Crippen LogP contribution in [0.1, 0.15) is 11.1 Å². The quantitative estimate of drug-likeness (QED) is 0.413. The molecule has 0 saturated carbocycles. The van der Waals surface area contributed by atoms with Crippen molar-refractivity contribution in [2.24, 2.45) is 0 Å². The fourth-order valence-corrected chi connectivity index (χ4v) is 5.12. The molecule has 0 spiro atoms. The number of thioether (sulfide) groups is 1. The number of halogens is 2. The van der Waals surface area contributed by atoms with Crippen molar-refractivity contribution in [2.75, 3.05) is 0 Å². The van der Waals surface area contributed by atoms with Crippen LogP contribution in [0.25, 0.3) is 16.8 Å². The molecule has 140 valence electrons. The third kappa shape index (κ3) is 3.62. The number of hydrogen-bond acceptors (Lipinski definition) is 4. The Morgan fingerprint density at radius 1 is 1.00 bits per heavy atom. The number of carbonyl (C=O) groups is 2. The lowest BCUT2D eigenvalue weighted by molar-refractivity contribution is -0.123. The molecule has 0 atom stereocenters. The summed E-state index contributed by atoms with van der Waals surface area (Å²) < 4.78 is 1.01. The Bertz CT molecular complexity index is 1130. The molecule has 4 nitrogen and oxygen atoms in total. The minimum atomic E-state index is -0.316. The molecule has 0 aromatic heterocycles. The van der Waals surface area contributed by atoms with Crippen molar-refractivity contribution in [1.82, 2.24) is 4.90 Å². The summed E-state index contributed by atoms with van der Waals surface area (Å²) in [7, 11) is 0. The van der Waals surface area contributed by atoms with Gasteiger partial charge in [0.25, 0.3) is 11.1 Å². The second kappa shape index (κ2) is 7.73. The number of carbonyl (C=O) groups excluding carboxylic acids is 2. The molecule has 0 aliphatic carbocycles. The molecule has 0 radical (unpaired) electrons. The van der Waals surface area contributed by atoms with Crippen molar-refractivity contribution in [3.05, 3.63) is 79.6 Å². The fraction of sp³-hybridized carbons (Fsp3) is 0.0476. The molecule has 1 saturated heterocycles. The molecule has 1 aliphatic heterocycles. The highest BCUT2D eigenvalue weighted by molar-refractivity contribution is 9.11. The third-order valence-corrected chi connectivity index (χ3v) is 6.54. The molecule has 0 bridgehead atoms. The Morgan fingerprint density at radius 3 is 2.43 bits per heavy atom. The van der Waals surface area contributed by atoms with E-state index < -0.39 is 0 Å². The van der Waals surface area contributed by atoms with Crippen LogP contribution in [0.3, 0.4) is 0 Å². The van der Waals surface area contributed by atoms with Gasteiger partial charge in [-0.25, -0.2) is 0 Å². The summed E-state index contributed by atoms with van der Waals surface area (Å²) in [5.41, 5.74) is 1.63. The lowest BCUT2D eigenvalue weighted by Crippen LogP contribution is -2.27. The highest BCUT2D eigenvalue weighted by Crippen LogP contribution is 2.37. The largest absolute Gasteiger partial charge is 0.506 e. The van der Waals surface area contributed by atoms with Crippen molar-refractivity contribution in [3.8, 4) is 5.75 Å². The van der Waals surface area contributed by atoms with E-state index in [1.54, 1.807) is 18.2 Å². The van der Waals surface area contributed by atoms with Crippen molar-refractivity contribution >= 4 is 71.6 Å². The van der Waals surface area contributed by atoms with Crippen LogP contribution in [0.4, 0.5) is 4.79 Å². The molecule has 2 amide bonds. The molecule has 4 rings (SSSR count). The van der Waals surface area contributed by atoms with E-state index in [1.165, 1.54) is 4.90 Å². The highest BCUT2D eigenvalue weighted by Gasteiger charge is 2.35. The van der Waals surface area contributed by atoms with Crippen LogP contribution in [0.5, 0.6) is 5.75 Å². The molecular formula is C21H13Br2NO3S. The first-order valence-electron chi connectivity index (χ1n) is 8.34. The SMILES string of the molecule is O=C1S/C(=C/c2cc(Br)c(O)c(Br)c2)C(=O)N1Cc1cccc2ccccc12. The maximum Gasteiger partial charge on any atom is 0.293 e.